The summed E-state index contributed by atoms with van der Waals surface area (Å²) in [6, 6.07) is 7.74. The molecule has 2 N–H and O–H groups in total. The second-order valence-electron chi connectivity index (χ2n) is 2.93. The molecule has 81 valence electrons. The van der Waals surface area contributed by atoms with Crippen molar-refractivity contribution in [3.63, 3.8) is 0 Å². The number of hydrogen-bond acceptors (Lipinski definition) is 4. The van der Waals surface area contributed by atoms with Crippen molar-refractivity contribution >= 4 is 12.0 Å². The van der Waals surface area contributed by atoms with Crippen molar-refractivity contribution < 1.29 is 14.3 Å². The zero-order valence-corrected chi connectivity index (χ0v) is 8.60. The summed E-state index contributed by atoms with van der Waals surface area (Å²) in [7, 11) is 0. The van der Waals surface area contributed by atoms with Crippen LogP contribution in [-0.2, 0) is 9.53 Å². The SMILES string of the molecule is CCOCC(C=O)Oc1cc[c]c(N)c1. The van der Waals surface area contributed by atoms with Crippen molar-refractivity contribution in [2.24, 2.45) is 0 Å². The molecular weight excluding hydrogens is 194 g/mol. The van der Waals surface area contributed by atoms with Crippen LogP contribution in [-0.4, -0.2) is 25.6 Å². The molecule has 1 aromatic rings. The number of aldehydes is 1. The fourth-order valence-electron chi connectivity index (χ4n) is 1.05. The molecule has 0 bridgehead atoms. The highest BCUT2D eigenvalue weighted by Crippen LogP contribution is 2.15. The summed E-state index contributed by atoms with van der Waals surface area (Å²) in [5.74, 6) is 0.544. The quantitative estimate of drug-likeness (QED) is 0.560. The Balaban J connectivity index is 2.54. The number of anilines is 1. The fraction of sp³-hybridized carbons (Fsp3) is 0.364. The van der Waals surface area contributed by atoms with E-state index in [1.54, 1.807) is 18.2 Å². The van der Waals surface area contributed by atoms with E-state index in [2.05, 4.69) is 6.07 Å². The van der Waals surface area contributed by atoms with Gasteiger partial charge in [0.25, 0.3) is 0 Å². The van der Waals surface area contributed by atoms with Gasteiger partial charge in [0.05, 0.1) is 6.61 Å². The highest BCUT2D eigenvalue weighted by molar-refractivity contribution is 5.57. The van der Waals surface area contributed by atoms with Gasteiger partial charge >= 0.3 is 0 Å². The van der Waals surface area contributed by atoms with E-state index in [-0.39, 0.29) is 6.61 Å². The summed E-state index contributed by atoms with van der Waals surface area (Å²) < 4.78 is 10.4. The minimum atomic E-state index is -0.591. The predicted molar refractivity (Wildman–Crippen MR) is 56.7 cm³/mol. The summed E-state index contributed by atoms with van der Waals surface area (Å²) in [4.78, 5) is 10.7. The maximum absolute atomic E-state index is 10.7. The first-order valence-corrected chi connectivity index (χ1v) is 4.73. The Morgan fingerprint density at radius 3 is 3.07 bits per heavy atom. The summed E-state index contributed by atoms with van der Waals surface area (Å²) in [5.41, 5.74) is 6.00. The number of ether oxygens (including phenoxy) is 2. The zero-order valence-electron chi connectivity index (χ0n) is 8.60. The van der Waals surface area contributed by atoms with E-state index in [0.717, 1.165) is 0 Å². The van der Waals surface area contributed by atoms with Crippen LogP contribution < -0.4 is 10.5 Å². The fourth-order valence-corrected chi connectivity index (χ4v) is 1.05. The normalized spacial score (nSPS) is 12.1. The molecule has 0 amide bonds. The first kappa shape index (κ1) is 11.5. The van der Waals surface area contributed by atoms with Crippen LogP contribution in [0.25, 0.3) is 0 Å². The summed E-state index contributed by atoms with van der Waals surface area (Å²) >= 11 is 0. The minimum absolute atomic E-state index is 0.249. The number of benzene rings is 1. The molecule has 0 heterocycles. The lowest BCUT2D eigenvalue weighted by Crippen LogP contribution is -2.24. The second-order valence-corrected chi connectivity index (χ2v) is 2.93. The molecule has 0 aromatic heterocycles. The van der Waals surface area contributed by atoms with Crippen LogP contribution in [0.3, 0.4) is 0 Å². The van der Waals surface area contributed by atoms with Crippen LogP contribution in [0.1, 0.15) is 6.92 Å². The molecule has 0 aliphatic carbocycles. The van der Waals surface area contributed by atoms with E-state index < -0.39 is 6.10 Å². The van der Waals surface area contributed by atoms with Crippen molar-refractivity contribution in [2.75, 3.05) is 18.9 Å². The predicted octanol–water partition coefficient (Wildman–Crippen LogP) is 1.05. The zero-order chi connectivity index (χ0) is 11.1. The van der Waals surface area contributed by atoms with Gasteiger partial charge in [0.15, 0.2) is 12.4 Å². The summed E-state index contributed by atoms with van der Waals surface area (Å²) in [5, 5.41) is 0. The maximum Gasteiger partial charge on any atom is 0.177 e. The molecule has 15 heavy (non-hydrogen) atoms. The molecule has 1 aromatic carbocycles. The van der Waals surface area contributed by atoms with Gasteiger partial charge in [0, 0.05) is 24.4 Å². The Kier molecular flexibility index (Phi) is 4.63. The number of rotatable bonds is 6. The Morgan fingerprint density at radius 1 is 1.67 bits per heavy atom. The lowest BCUT2D eigenvalue weighted by Gasteiger charge is -2.13. The monoisotopic (exact) mass is 208 g/mol. The molecular formula is C11H14NO3. The maximum atomic E-state index is 10.7. The van der Waals surface area contributed by atoms with Gasteiger partial charge in [-0.2, -0.15) is 0 Å². The molecule has 0 aliphatic heterocycles. The lowest BCUT2D eigenvalue weighted by atomic mass is 10.3. The Bertz CT molecular complexity index is 314. The molecule has 0 aliphatic rings. The third-order valence-corrected chi connectivity index (χ3v) is 1.72. The van der Waals surface area contributed by atoms with Gasteiger partial charge < -0.3 is 15.2 Å². The average molecular weight is 208 g/mol. The average Bonchev–Trinajstić information content (AvgIpc) is 2.24. The Hall–Kier alpha value is -1.55. The van der Waals surface area contributed by atoms with Crippen LogP contribution in [0.5, 0.6) is 5.75 Å². The topological polar surface area (TPSA) is 61.5 Å². The van der Waals surface area contributed by atoms with Gasteiger partial charge in [-0.3, -0.25) is 4.79 Å². The minimum Gasteiger partial charge on any atom is -0.480 e. The smallest absolute Gasteiger partial charge is 0.177 e. The van der Waals surface area contributed by atoms with E-state index in [9.17, 15) is 4.79 Å². The van der Waals surface area contributed by atoms with E-state index in [4.69, 9.17) is 15.2 Å². The molecule has 0 spiro atoms. The molecule has 4 heteroatoms. The van der Waals surface area contributed by atoms with Crippen LogP contribution in [0, 0.1) is 6.07 Å². The van der Waals surface area contributed by atoms with Crippen LogP contribution in [0.2, 0.25) is 0 Å². The number of nitrogen functional groups attached to an aromatic ring is 1. The van der Waals surface area contributed by atoms with E-state index in [1.165, 1.54) is 0 Å². The van der Waals surface area contributed by atoms with Crippen molar-refractivity contribution in [3.8, 4) is 5.75 Å². The third kappa shape index (κ3) is 3.99. The van der Waals surface area contributed by atoms with E-state index in [0.29, 0.717) is 24.3 Å². The number of hydrogen-bond donors (Lipinski definition) is 1. The Labute approximate surface area is 89.0 Å². The molecule has 0 saturated carbocycles. The van der Waals surface area contributed by atoms with Gasteiger partial charge in [-0.1, -0.05) is 0 Å². The molecule has 4 nitrogen and oxygen atoms in total. The van der Waals surface area contributed by atoms with Gasteiger partial charge in [-0.25, -0.2) is 0 Å². The molecule has 0 fully saturated rings. The van der Waals surface area contributed by atoms with Crippen molar-refractivity contribution in [2.45, 2.75) is 13.0 Å². The first-order chi connectivity index (χ1) is 7.26. The molecule has 0 saturated heterocycles. The molecule has 1 radical (unpaired) electrons. The number of carbonyl (C=O) groups excluding carboxylic acids is 1. The number of carbonyl (C=O) groups is 1. The molecule has 1 atom stereocenters. The standard InChI is InChI=1S/C11H14NO3/c1-2-14-8-11(7-13)15-10-5-3-4-9(12)6-10/h3,5-7,11H,2,8,12H2,1H3. The highest BCUT2D eigenvalue weighted by atomic mass is 16.5. The molecule has 1 rings (SSSR count). The van der Waals surface area contributed by atoms with E-state index in [1.807, 2.05) is 6.92 Å². The lowest BCUT2D eigenvalue weighted by molar-refractivity contribution is -0.116. The summed E-state index contributed by atoms with van der Waals surface area (Å²) in [6.45, 7) is 2.66. The summed E-state index contributed by atoms with van der Waals surface area (Å²) in [6.07, 6.45) is 0.120. The first-order valence-electron chi connectivity index (χ1n) is 4.73. The van der Waals surface area contributed by atoms with E-state index >= 15 is 0 Å². The highest BCUT2D eigenvalue weighted by Gasteiger charge is 2.08. The van der Waals surface area contributed by atoms with Crippen molar-refractivity contribution in [3.05, 3.63) is 24.3 Å². The van der Waals surface area contributed by atoms with Gasteiger partial charge in [0.2, 0.25) is 0 Å². The second kappa shape index (κ2) is 6.03. The van der Waals surface area contributed by atoms with Crippen LogP contribution >= 0.6 is 0 Å². The van der Waals surface area contributed by atoms with Crippen molar-refractivity contribution in [1.82, 2.24) is 0 Å². The third-order valence-electron chi connectivity index (χ3n) is 1.72. The molecule has 1 unspecified atom stereocenters. The van der Waals surface area contributed by atoms with Gasteiger partial charge in [-0.15, -0.1) is 0 Å². The van der Waals surface area contributed by atoms with Crippen LogP contribution in [0.4, 0.5) is 5.69 Å². The number of nitrogens with two attached hydrogens (primary N) is 1. The van der Waals surface area contributed by atoms with Gasteiger partial charge in [-0.05, 0) is 19.1 Å². The van der Waals surface area contributed by atoms with Gasteiger partial charge in [0.1, 0.15) is 5.75 Å². The largest absolute Gasteiger partial charge is 0.480 e. The van der Waals surface area contributed by atoms with Crippen molar-refractivity contribution in [1.29, 1.82) is 0 Å². The van der Waals surface area contributed by atoms with Crippen LogP contribution in [0.15, 0.2) is 18.2 Å². The Morgan fingerprint density at radius 2 is 2.47 bits per heavy atom.